The minimum Gasteiger partial charge on any atom is -2.00 e. The molecule has 0 aromatic carbocycles. The summed E-state index contributed by atoms with van der Waals surface area (Å²) in [6, 6.07) is 0. The fourth-order valence-corrected chi connectivity index (χ4v) is 0. The Kier molecular flexibility index (Phi) is 877. The van der Waals surface area contributed by atoms with Gasteiger partial charge in [0.1, 0.15) is 0 Å². The predicted molar refractivity (Wildman–Crippen MR) is 25.1 cm³/mol. The Bertz CT molecular complexity index is 25.3. The van der Waals surface area contributed by atoms with Gasteiger partial charge in [-0.3, -0.25) is 0 Å². The summed E-state index contributed by atoms with van der Waals surface area (Å²) in [7, 11) is 0. The number of rotatable bonds is 0. The van der Waals surface area contributed by atoms with Crippen molar-refractivity contribution < 1.29 is 156 Å². The fourth-order valence-electron chi connectivity index (χ4n) is 0. The molecule has 0 rings (SSSR count). The SMILES string of the molecule is [Al].[Al].[Ga+3].[Ga+3].[Lu].[Lu].[O-2].[O-2].[O-2].[Y].[Y]. The number of hydrogen-bond acceptors (Lipinski definition) is 0. The first-order valence-corrected chi connectivity index (χ1v) is 0. The molecule has 0 aromatic heterocycles. The zero-order chi connectivity index (χ0) is 0. The van der Waals surface area contributed by atoms with Crippen molar-refractivity contribution in [1.82, 2.24) is 0 Å². The summed E-state index contributed by atoms with van der Waals surface area (Å²) >= 11 is 0. The largest absolute Gasteiger partial charge is 3.00 e. The molecule has 66 valence electrons. The van der Waals surface area contributed by atoms with Crippen LogP contribution in [0.25, 0.3) is 0 Å². The quantitative estimate of drug-likeness (QED) is 0.259. The molecule has 0 fully saturated rings. The van der Waals surface area contributed by atoms with Crippen LogP contribution in [-0.4, -0.2) is 74.3 Å². The molecule has 0 amide bonds. The molecule has 3 nitrogen and oxygen atoms in total. The van der Waals surface area contributed by atoms with Gasteiger partial charge >= 0.3 is 39.6 Å². The van der Waals surface area contributed by atoms with Crippen molar-refractivity contribution in [3.8, 4) is 0 Å². The first-order chi connectivity index (χ1) is 0. The average molecular weight is 769 g/mol. The van der Waals surface area contributed by atoms with Crippen LogP contribution in [-0.2, 0) is 81.8 Å². The van der Waals surface area contributed by atoms with Crippen LogP contribution in [0.4, 0.5) is 0 Å². The van der Waals surface area contributed by atoms with Crippen LogP contribution >= 0.6 is 0 Å². The van der Waals surface area contributed by atoms with E-state index in [2.05, 4.69) is 0 Å². The molecule has 0 aliphatic rings. The molecule has 0 spiro atoms. The summed E-state index contributed by atoms with van der Waals surface area (Å²) in [5.41, 5.74) is 0. The molecule has 0 aliphatic carbocycles. The summed E-state index contributed by atoms with van der Waals surface area (Å²) in [6.07, 6.45) is 0. The minimum atomic E-state index is 0. The van der Waals surface area contributed by atoms with Gasteiger partial charge in [0.2, 0.25) is 0 Å². The van der Waals surface area contributed by atoms with Crippen molar-refractivity contribution in [1.29, 1.82) is 0 Å². The number of hydrogen-bond donors (Lipinski definition) is 0. The molecule has 0 aliphatic heterocycles. The van der Waals surface area contributed by atoms with E-state index in [1.54, 1.807) is 0 Å². The van der Waals surface area contributed by atoms with E-state index >= 15 is 0 Å². The Hall–Kier alpha value is 6.89. The molecule has 0 N–H and O–H groups in total. The van der Waals surface area contributed by atoms with Crippen LogP contribution in [0.3, 0.4) is 0 Å². The van der Waals surface area contributed by atoms with Crippen molar-refractivity contribution >= 4 is 74.3 Å². The minimum absolute atomic E-state index is 0. The van der Waals surface area contributed by atoms with E-state index in [4.69, 9.17) is 0 Å². The molecule has 0 atom stereocenters. The van der Waals surface area contributed by atoms with E-state index in [0.717, 1.165) is 0 Å². The third kappa shape index (κ3) is 78.9. The van der Waals surface area contributed by atoms with E-state index in [0.29, 0.717) is 0 Å². The zero-order valence-electron chi connectivity index (χ0n) is 5.21. The van der Waals surface area contributed by atoms with Gasteiger partial charge in [0.05, 0.1) is 0 Å². The van der Waals surface area contributed by atoms with E-state index in [1.165, 1.54) is 0 Å². The maximum atomic E-state index is 0. The van der Waals surface area contributed by atoms with Crippen LogP contribution in [0, 0.1) is 73.7 Å². The van der Waals surface area contributed by atoms with Crippen molar-refractivity contribution in [3.05, 3.63) is 0 Å². The Labute approximate surface area is 223 Å². The van der Waals surface area contributed by atoms with Gasteiger partial charge in [-0.05, 0) is 0 Å². The van der Waals surface area contributed by atoms with E-state index < -0.39 is 0 Å². The van der Waals surface area contributed by atoms with Gasteiger partial charge in [-0.15, -0.1) is 0 Å². The Morgan fingerprint density at radius 1 is 0.455 bits per heavy atom. The normalized spacial score (nSPS) is 0. The van der Waals surface area contributed by atoms with Crippen LogP contribution in [0.15, 0.2) is 0 Å². The van der Waals surface area contributed by atoms with Crippen LogP contribution < -0.4 is 0 Å². The first-order valence-electron chi connectivity index (χ1n) is 0. The molecule has 10 radical (unpaired) electrons. The van der Waals surface area contributed by atoms with Crippen LogP contribution in [0.2, 0.25) is 0 Å². The van der Waals surface area contributed by atoms with Gasteiger partial charge in [-0.2, -0.15) is 0 Å². The van der Waals surface area contributed by atoms with Crippen molar-refractivity contribution in [2.24, 2.45) is 0 Å². The maximum Gasteiger partial charge on any atom is 3.00 e. The summed E-state index contributed by atoms with van der Waals surface area (Å²) in [5, 5.41) is 0. The second-order valence-electron chi connectivity index (χ2n) is 0. The molecule has 0 unspecified atom stereocenters. The van der Waals surface area contributed by atoms with Crippen LogP contribution in [0.5, 0.6) is 0 Å². The van der Waals surface area contributed by atoms with Crippen molar-refractivity contribution in [2.75, 3.05) is 0 Å². The average Bonchev–Trinajstić information content (AvgIpc) is 0. The molecule has 0 saturated carbocycles. The molecule has 11 heavy (non-hydrogen) atoms. The van der Waals surface area contributed by atoms with Gasteiger partial charge in [-0.1, -0.05) is 0 Å². The molecular formula is Al2Ga2Lu2O3Y2. The zero-order valence-corrected chi connectivity index (χ0v) is 21.3. The van der Waals surface area contributed by atoms with E-state index in [9.17, 15) is 0 Å². The van der Waals surface area contributed by atoms with Crippen molar-refractivity contribution in [3.63, 3.8) is 0 Å². The third-order valence-electron chi connectivity index (χ3n) is 0. The summed E-state index contributed by atoms with van der Waals surface area (Å²) in [5.74, 6) is 0. The molecule has 0 heterocycles. The van der Waals surface area contributed by atoms with Gasteiger partial charge < -0.3 is 16.4 Å². The molecule has 11 heteroatoms. The van der Waals surface area contributed by atoms with E-state index in [-0.39, 0.29) is 230 Å². The Balaban J connectivity index is 0. The predicted octanol–water partition coefficient (Wildman–Crippen LogP) is -1.88. The summed E-state index contributed by atoms with van der Waals surface area (Å²) in [4.78, 5) is 0. The Morgan fingerprint density at radius 2 is 0.455 bits per heavy atom. The van der Waals surface area contributed by atoms with Gasteiger partial charge in [0.25, 0.3) is 0 Å². The smallest absolute Gasteiger partial charge is 2.00 e. The second kappa shape index (κ2) is 89.8. The van der Waals surface area contributed by atoms with Gasteiger partial charge in [0.15, 0.2) is 0 Å². The topological polar surface area (TPSA) is 85.5 Å². The summed E-state index contributed by atoms with van der Waals surface area (Å²) < 4.78 is 0. The molecule has 0 aromatic rings. The monoisotopic (exact) mass is 767 g/mol. The van der Waals surface area contributed by atoms with Crippen LogP contribution in [0.1, 0.15) is 0 Å². The Morgan fingerprint density at radius 3 is 0.455 bits per heavy atom. The molecule has 0 bridgehead atoms. The molecular weight excluding hydrogens is 769 g/mol. The summed E-state index contributed by atoms with van der Waals surface area (Å²) in [6.45, 7) is 0. The van der Waals surface area contributed by atoms with Gasteiger partial charge in [-0.25, -0.2) is 0 Å². The standard InChI is InChI=1S/2Al.2Ga.2Lu.3O.2Y/q;;2*+3;;;3*-2;;. The second-order valence-corrected chi connectivity index (χ2v) is 0. The molecule has 0 saturated heterocycles. The van der Waals surface area contributed by atoms with E-state index in [1.807, 2.05) is 0 Å². The van der Waals surface area contributed by atoms with Crippen molar-refractivity contribution in [2.45, 2.75) is 0 Å². The fraction of sp³-hybridized carbons (Fsp3) is 0. The maximum absolute atomic E-state index is 0. The third-order valence-corrected chi connectivity index (χ3v) is 0. The first kappa shape index (κ1) is 107. The van der Waals surface area contributed by atoms with Gasteiger partial charge in [0, 0.05) is 174 Å².